The molecule has 0 amide bonds. The number of likely N-dealkylation sites (N-methyl/N-ethyl adjacent to an activating group) is 1. The molecule has 0 bridgehead atoms. The lowest BCUT2D eigenvalue weighted by atomic mass is 10.3. The number of fused-ring (bicyclic) bond motifs is 1. The number of hydrogen-bond acceptors (Lipinski definition) is 5. The molecule has 2 N–H and O–H groups in total. The van der Waals surface area contributed by atoms with Crippen molar-refractivity contribution in [3.8, 4) is 0 Å². The zero-order valence-electron chi connectivity index (χ0n) is 12.7. The van der Waals surface area contributed by atoms with Crippen LogP contribution in [0.2, 0.25) is 0 Å². The fraction of sp³-hybridized carbons (Fsp3) is 0.571. The Hall–Kier alpha value is -1.82. The fourth-order valence-corrected chi connectivity index (χ4v) is 2.30. The van der Waals surface area contributed by atoms with Gasteiger partial charge < -0.3 is 19.9 Å². The molecule has 1 atom stereocenters. The summed E-state index contributed by atoms with van der Waals surface area (Å²) in [5.74, 6) is 1.65. The third-order valence-electron chi connectivity index (χ3n) is 3.44. The highest BCUT2D eigenvalue weighted by Gasteiger charge is 2.12. The first-order chi connectivity index (χ1) is 9.67. The van der Waals surface area contributed by atoms with Gasteiger partial charge in [-0.1, -0.05) is 13.8 Å². The van der Waals surface area contributed by atoms with E-state index in [0.717, 1.165) is 36.9 Å². The maximum atomic E-state index is 4.57. The number of aromatic nitrogens is 3. The van der Waals surface area contributed by atoms with Gasteiger partial charge >= 0.3 is 0 Å². The molecule has 2 heterocycles. The molecule has 0 radical (unpaired) electrons. The summed E-state index contributed by atoms with van der Waals surface area (Å²) in [5, 5.41) is 6.54. The van der Waals surface area contributed by atoms with Gasteiger partial charge in [-0.3, -0.25) is 0 Å². The van der Waals surface area contributed by atoms with Crippen LogP contribution in [0.25, 0.3) is 5.65 Å². The molecular formula is C14H24N6. The number of hydrogen-bond donors (Lipinski definition) is 2. The van der Waals surface area contributed by atoms with Gasteiger partial charge in [0.15, 0.2) is 11.5 Å². The average molecular weight is 276 g/mol. The van der Waals surface area contributed by atoms with Crippen molar-refractivity contribution in [1.82, 2.24) is 19.3 Å². The Bertz CT molecular complexity index is 546. The van der Waals surface area contributed by atoms with Crippen molar-refractivity contribution in [2.24, 2.45) is 0 Å². The minimum absolute atomic E-state index is 0.315. The van der Waals surface area contributed by atoms with Gasteiger partial charge in [0.25, 0.3) is 0 Å². The van der Waals surface area contributed by atoms with E-state index in [1.807, 2.05) is 23.8 Å². The summed E-state index contributed by atoms with van der Waals surface area (Å²) in [6.07, 6.45) is 5.65. The molecule has 1 unspecified atom stereocenters. The van der Waals surface area contributed by atoms with Crippen molar-refractivity contribution >= 4 is 17.3 Å². The Morgan fingerprint density at radius 1 is 1.35 bits per heavy atom. The molecule has 110 valence electrons. The van der Waals surface area contributed by atoms with Gasteiger partial charge in [-0.15, -0.1) is 0 Å². The summed E-state index contributed by atoms with van der Waals surface area (Å²) in [6.45, 7) is 9.65. The largest absolute Gasteiger partial charge is 0.372 e. The second-order valence-electron chi connectivity index (χ2n) is 4.91. The van der Waals surface area contributed by atoms with E-state index in [1.54, 1.807) is 6.20 Å². The number of rotatable bonds is 7. The Morgan fingerprint density at radius 2 is 2.10 bits per heavy atom. The van der Waals surface area contributed by atoms with E-state index in [1.165, 1.54) is 0 Å². The molecule has 0 fully saturated rings. The van der Waals surface area contributed by atoms with Crippen molar-refractivity contribution in [1.29, 1.82) is 0 Å². The molecule has 0 aliphatic carbocycles. The first-order valence-corrected chi connectivity index (χ1v) is 7.18. The summed E-state index contributed by atoms with van der Waals surface area (Å²) >= 11 is 0. The summed E-state index contributed by atoms with van der Waals surface area (Å²) in [4.78, 5) is 11.3. The molecule has 2 aromatic heterocycles. The van der Waals surface area contributed by atoms with Crippen LogP contribution in [-0.2, 0) is 0 Å². The van der Waals surface area contributed by atoms with Crippen molar-refractivity contribution in [3.63, 3.8) is 0 Å². The Labute approximate surface area is 120 Å². The molecule has 0 saturated heterocycles. The van der Waals surface area contributed by atoms with Gasteiger partial charge in [-0.05, 0) is 20.0 Å². The van der Waals surface area contributed by atoms with Gasteiger partial charge in [0.2, 0.25) is 0 Å². The zero-order valence-corrected chi connectivity index (χ0v) is 12.7. The molecule has 6 heteroatoms. The highest BCUT2D eigenvalue weighted by Crippen LogP contribution is 2.17. The van der Waals surface area contributed by atoms with Crippen molar-refractivity contribution in [3.05, 3.63) is 18.6 Å². The Balaban J connectivity index is 2.17. The molecule has 0 aliphatic heterocycles. The SMILES string of the molecule is CCN(CC)CC(C)Nc1nc(NC)cn2ccnc12. The average Bonchev–Trinajstić information content (AvgIpc) is 2.93. The van der Waals surface area contributed by atoms with E-state index in [4.69, 9.17) is 0 Å². The summed E-state index contributed by atoms with van der Waals surface area (Å²) in [6, 6.07) is 0.315. The fourth-order valence-electron chi connectivity index (χ4n) is 2.30. The first kappa shape index (κ1) is 14.6. The smallest absolute Gasteiger partial charge is 0.180 e. The molecule has 0 spiro atoms. The number of anilines is 2. The monoisotopic (exact) mass is 276 g/mol. The predicted molar refractivity (Wildman–Crippen MR) is 83.4 cm³/mol. The van der Waals surface area contributed by atoms with Crippen LogP contribution >= 0.6 is 0 Å². The highest BCUT2D eigenvalue weighted by molar-refractivity contribution is 5.65. The predicted octanol–water partition coefficient (Wildman–Crippen LogP) is 1.91. The lowest BCUT2D eigenvalue weighted by Gasteiger charge is -2.24. The van der Waals surface area contributed by atoms with E-state index in [2.05, 4.69) is 46.3 Å². The molecule has 6 nitrogen and oxygen atoms in total. The van der Waals surface area contributed by atoms with Crippen LogP contribution < -0.4 is 10.6 Å². The van der Waals surface area contributed by atoms with Gasteiger partial charge in [-0.25, -0.2) is 9.97 Å². The molecule has 2 aromatic rings. The lowest BCUT2D eigenvalue weighted by Crippen LogP contribution is -2.35. The van der Waals surface area contributed by atoms with Crippen molar-refractivity contribution in [2.75, 3.05) is 37.3 Å². The number of nitrogens with zero attached hydrogens (tertiary/aromatic N) is 4. The standard InChI is InChI=1S/C14H24N6/c1-5-19(6-2)9-11(3)17-13-14-16-7-8-20(14)10-12(15-4)18-13/h7-8,10-11,15H,5-6,9H2,1-4H3,(H,17,18). The van der Waals surface area contributed by atoms with E-state index in [0.29, 0.717) is 6.04 Å². The quantitative estimate of drug-likeness (QED) is 0.809. The van der Waals surface area contributed by atoms with Crippen LogP contribution in [-0.4, -0.2) is 52.0 Å². The van der Waals surface area contributed by atoms with E-state index in [-0.39, 0.29) is 0 Å². The molecule has 0 saturated carbocycles. The molecule has 20 heavy (non-hydrogen) atoms. The van der Waals surface area contributed by atoms with Gasteiger partial charge in [0.1, 0.15) is 5.82 Å². The van der Waals surface area contributed by atoms with Crippen LogP contribution in [0.15, 0.2) is 18.6 Å². The van der Waals surface area contributed by atoms with Crippen molar-refractivity contribution < 1.29 is 0 Å². The maximum absolute atomic E-state index is 4.57. The highest BCUT2D eigenvalue weighted by atomic mass is 15.2. The molecule has 0 aromatic carbocycles. The van der Waals surface area contributed by atoms with Crippen LogP contribution in [0, 0.1) is 0 Å². The molecule has 2 rings (SSSR count). The lowest BCUT2D eigenvalue weighted by molar-refractivity contribution is 0.294. The third kappa shape index (κ3) is 3.19. The minimum Gasteiger partial charge on any atom is -0.372 e. The summed E-state index contributed by atoms with van der Waals surface area (Å²) < 4.78 is 1.98. The maximum Gasteiger partial charge on any atom is 0.180 e. The van der Waals surface area contributed by atoms with Crippen LogP contribution in [0.1, 0.15) is 20.8 Å². The van der Waals surface area contributed by atoms with Crippen LogP contribution in [0.5, 0.6) is 0 Å². The summed E-state index contributed by atoms with van der Waals surface area (Å²) in [7, 11) is 1.87. The molecular weight excluding hydrogens is 252 g/mol. The van der Waals surface area contributed by atoms with Crippen molar-refractivity contribution in [2.45, 2.75) is 26.8 Å². The van der Waals surface area contributed by atoms with Gasteiger partial charge in [0, 0.05) is 32.0 Å². The summed E-state index contributed by atoms with van der Waals surface area (Å²) in [5.41, 5.74) is 0.857. The topological polar surface area (TPSA) is 57.5 Å². The molecule has 0 aliphatic rings. The number of nitrogens with one attached hydrogen (secondary N) is 2. The van der Waals surface area contributed by atoms with E-state index in [9.17, 15) is 0 Å². The number of imidazole rings is 1. The van der Waals surface area contributed by atoms with Gasteiger partial charge in [-0.2, -0.15) is 0 Å². The normalized spacial score (nSPS) is 12.8. The van der Waals surface area contributed by atoms with E-state index >= 15 is 0 Å². The first-order valence-electron chi connectivity index (χ1n) is 7.18. The van der Waals surface area contributed by atoms with Crippen LogP contribution in [0.3, 0.4) is 0 Å². The second-order valence-corrected chi connectivity index (χ2v) is 4.91. The zero-order chi connectivity index (χ0) is 14.5. The second kappa shape index (κ2) is 6.56. The minimum atomic E-state index is 0.315. The Kier molecular flexibility index (Phi) is 4.79. The third-order valence-corrected chi connectivity index (χ3v) is 3.44. The van der Waals surface area contributed by atoms with E-state index < -0.39 is 0 Å². The Morgan fingerprint density at radius 3 is 2.75 bits per heavy atom. The van der Waals surface area contributed by atoms with Crippen LogP contribution in [0.4, 0.5) is 11.6 Å². The van der Waals surface area contributed by atoms with Gasteiger partial charge in [0.05, 0.1) is 6.20 Å².